The van der Waals surface area contributed by atoms with Crippen molar-refractivity contribution in [3.63, 3.8) is 0 Å². The predicted octanol–water partition coefficient (Wildman–Crippen LogP) is 2.74. The quantitative estimate of drug-likeness (QED) is 0.918. The summed E-state index contributed by atoms with van der Waals surface area (Å²) in [5, 5.41) is 3.47. The molecule has 1 aromatic carbocycles. The largest absolute Gasteiger partial charge is 0.342 e. The summed E-state index contributed by atoms with van der Waals surface area (Å²) >= 11 is 0. The van der Waals surface area contributed by atoms with Gasteiger partial charge in [0.1, 0.15) is 5.82 Å². The van der Waals surface area contributed by atoms with Gasteiger partial charge in [0.2, 0.25) is 0 Å². The van der Waals surface area contributed by atoms with Gasteiger partial charge in [-0.05, 0) is 56.5 Å². The highest BCUT2D eigenvalue weighted by atomic mass is 19.1. The Morgan fingerprint density at radius 2 is 2.20 bits per heavy atom. The van der Waals surface area contributed by atoms with Crippen molar-refractivity contribution in [3.8, 4) is 0 Å². The minimum atomic E-state index is -0.351. The van der Waals surface area contributed by atoms with Crippen molar-refractivity contribution < 1.29 is 9.18 Å². The molecule has 1 fully saturated rings. The minimum absolute atomic E-state index is 0.108. The molecule has 1 heterocycles. The first-order valence-corrected chi connectivity index (χ1v) is 7.32. The van der Waals surface area contributed by atoms with Crippen LogP contribution in [0, 0.1) is 12.7 Å². The van der Waals surface area contributed by atoms with Crippen LogP contribution in [0.1, 0.15) is 41.6 Å². The third kappa shape index (κ3) is 4.04. The molecule has 1 aromatic rings. The van der Waals surface area contributed by atoms with E-state index in [4.69, 9.17) is 0 Å². The van der Waals surface area contributed by atoms with Crippen molar-refractivity contribution in [3.05, 3.63) is 35.1 Å². The normalized spacial score (nSPS) is 18.9. The average molecular weight is 278 g/mol. The molecule has 1 aliphatic rings. The molecular formula is C16H23FN2O. The summed E-state index contributed by atoms with van der Waals surface area (Å²) in [7, 11) is 1.78. The molecule has 1 amide bonds. The highest BCUT2D eigenvalue weighted by molar-refractivity contribution is 5.94. The van der Waals surface area contributed by atoms with E-state index in [0.717, 1.165) is 18.5 Å². The van der Waals surface area contributed by atoms with Crippen molar-refractivity contribution in [1.29, 1.82) is 0 Å². The van der Waals surface area contributed by atoms with Gasteiger partial charge in [0.05, 0.1) is 0 Å². The second-order valence-corrected chi connectivity index (χ2v) is 5.68. The second kappa shape index (κ2) is 6.84. The van der Waals surface area contributed by atoms with Gasteiger partial charge < -0.3 is 10.2 Å². The van der Waals surface area contributed by atoms with Crippen LogP contribution in [-0.4, -0.2) is 37.0 Å². The number of rotatable bonds is 4. The summed E-state index contributed by atoms with van der Waals surface area (Å²) in [5.74, 6) is -0.459. The summed E-state index contributed by atoms with van der Waals surface area (Å²) in [4.78, 5) is 13.9. The van der Waals surface area contributed by atoms with Crippen LogP contribution in [0.15, 0.2) is 18.2 Å². The highest BCUT2D eigenvalue weighted by Crippen LogP contribution is 2.13. The van der Waals surface area contributed by atoms with Crippen molar-refractivity contribution in [1.82, 2.24) is 10.2 Å². The molecule has 110 valence electrons. The van der Waals surface area contributed by atoms with Crippen LogP contribution in [-0.2, 0) is 0 Å². The molecule has 0 saturated carbocycles. The van der Waals surface area contributed by atoms with Gasteiger partial charge in [0.15, 0.2) is 0 Å². The van der Waals surface area contributed by atoms with Gasteiger partial charge in [-0.1, -0.05) is 6.42 Å². The van der Waals surface area contributed by atoms with Crippen molar-refractivity contribution in [2.75, 3.05) is 20.1 Å². The summed E-state index contributed by atoms with van der Waals surface area (Å²) in [5.41, 5.74) is 1.21. The smallest absolute Gasteiger partial charge is 0.253 e. The molecule has 1 atom stereocenters. The Bertz CT molecular complexity index is 449. The summed E-state index contributed by atoms with van der Waals surface area (Å²) in [6, 6.07) is 4.99. The third-order valence-corrected chi connectivity index (χ3v) is 3.86. The molecule has 0 radical (unpaired) electrons. The fraction of sp³-hybridized carbons (Fsp3) is 0.562. The fourth-order valence-corrected chi connectivity index (χ4v) is 2.70. The summed E-state index contributed by atoms with van der Waals surface area (Å²) in [6.07, 6.45) is 4.64. The van der Waals surface area contributed by atoms with Crippen LogP contribution in [0.25, 0.3) is 0 Å². The van der Waals surface area contributed by atoms with Gasteiger partial charge in [0, 0.05) is 25.2 Å². The average Bonchev–Trinajstić information content (AvgIpc) is 2.44. The van der Waals surface area contributed by atoms with Crippen LogP contribution < -0.4 is 5.32 Å². The number of carbonyl (C=O) groups excluding carboxylic acids is 1. The number of carbonyl (C=O) groups is 1. The molecule has 20 heavy (non-hydrogen) atoms. The molecule has 2 rings (SSSR count). The lowest BCUT2D eigenvalue weighted by Crippen LogP contribution is -2.38. The number of benzene rings is 1. The summed E-state index contributed by atoms with van der Waals surface area (Å²) in [6.45, 7) is 3.57. The van der Waals surface area contributed by atoms with E-state index in [0.29, 0.717) is 18.2 Å². The Morgan fingerprint density at radius 1 is 1.40 bits per heavy atom. The molecule has 1 aliphatic heterocycles. The van der Waals surface area contributed by atoms with Crippen LogP contribution in [0.5, 0.6) is 0 Å². The van der Waals surface area contributed by atoms with Gasteiger partial charge in [-0.15, -0.1) is 0 Å². The van der Waals surface area contributed by atoms with Crippen molar-refractivity contribution in [2.45, 2.75) is 38.6 Å². The first kappa shape index (κ1) is 15.0. The lowest BCUT2D eigenvalue weighted by molar-refractivity contribution is 0.0787. The molecule has 3 nitrogen and oxygen atoms in total. The Kier molecular flexibility index (Phi) is 5.12. The molecule has 1 N–H and O–H groups in total. The van der Waals surface area contributed by atoms with Crippen molar-refractivity contribution in [2.24, 2.45) is 0 Å². The number of hydrogen-bond acceptors (Lipinski definition) is 2. The van der Waals surface area contributed by atoms with Crippen LogP contribution in [0.2, 0.25) is 0 Å². The SMILES string of the molecule is Cc1cc(F)cc(C(=O)N(C)CCC2CCCCN2)c1. The third-order valence-electron chi connectivity index (χ3n) is 3.86. The van der Waals surface area contributed by atoms with Crippen LogP contribution in [0.4, 0.5) is 4.39 Å². The molecule has 0 aromatic heterocycles. The number of hydrogen-bond donors (Lipinski definition) is 1. The van der Waals surface area contributed by atoms with E-state index in [1.165, 1.54) is 31.4 Å². The molecule has 1 unspecified atom stereocenters. The van der Waals surface area contributed by atoms with E-state index in [9.17, 15) is 9.18 Å². The number of nitrogens with one attached hydrogen (secondary N) is 1. The van der Waals surface area contributed by atoms with Crippen LogP contribution >= 0.6 is 0 Å². The first-order valence-electron chi connectivity index (χ1n) is 7.32. The first-order chi connectivity index (χ1) is 9.56. The Morgan fingerprint density at radius 3 is 2.85 bits per heavy atom. The molecule has 0 bridgehead atoms. The predicted molar refractivity (Wildman–Crippen MR) is 78.4 cm³/mol. The van der Waals surface area contributed by atoms with Gasteiger partial charge >= 0.3 is 0 Å². The number of halogens is 1. The molecule has 0 spiro atoms. The highest BCUT2D eigenvalue weighted by Gasteiger charge is 2.16. The maximum Gasteiger partial charge on any atom is 0.253 e. The zero-order valence-corrected chi connectivity index (χ0v) is 12.3. The van der Waals surface area contributed by atoms with Gasteiger partial charge in [-0.25, -0.2) is 4.39 Å². The molecule has 1 saturated heterocycles. The topological polar surface area (TPSA) is 32.3 Å². The minimum Gasteiger partial charge on any atom is -0.342 e. The maximum atomic E-state index is 13.3. The lowest BCUT2D eigenvalue weighted by atomic mass is 10.0. The van der Waals surface area contributed by atoms with E-state index in [1.54, 1.807) is 24.9 Å². The Hall–Kier alpha value is -1.42. The lowest BCUT2D eigenvalue weighted by Gasteiger charge is -2.26. The number of amides is 1. The number of aryl methyl sites for hydroxylation is 1. The molecule has 4 heteroatoms. The van der Waals surface area contributed by atoms with Gasteiger partial charge in [-0.3, -0.25) is 4.79 Å². The zero-order valence-electron chi connectivity index (χ0n) is 12.3. The number of nitrogens with zero attached hydrogens (tertiary/aromatic N) is 1. The zero-order chi connectivity index (χ0) is 14.5. The van der Waals surface area contributed by atoms with Crippen LogP contribution in [0.3, 0.4) is 0 Å². The standard InChI is InChI=1S/C16H23FN2O/c1-12-9-13(11-14(17)10-12)16(20)19(2)8-6-15-5-3-4-7-18-15/h9-11,15,18H,3-8H2,1-2H3. The van der Waals surface area contributed by atoms with E-state index in [1.807, 2.05) is 0 Å². The number of piperidine rings is 1. The fourth-order valence-electron chi connectivity index (χ4n) is 2.70. The van der Waals surface area contributed by atoms with E-state index in [-0.39, 0.29) is 11.7 Å². The Balaban J connectivity index is 1.90. The van der Waals surface area contributed by atoms with Crippen molar-refractivity contribution >= 4 is 5.91 Å². The van der Waals surface area contributed by atoms with Gasteiger partial charge in [-0.2, -0.15) is 0 Å². The molecular weight excluding hydrogens is 255 g/mol. The van der Waals surface area contributed by atoms with Gasteiger partial charge in [0.25, 0.3) is 5.91 Å². The van der Waals surface area contributed by atoms with E-state index < -0.39 is 0 Å². The maximum absolute atomic E-state index is 13.3. The second-order valence-electron chi connectivity index (χ2n) is 5.68. The molecule has 0 aliphatic carbocycles. The Labute approximate surface area is 120 Å². The summed E-state index contributed by atoms with van der Waals surface area (Å²) < 4.78 is 13.3. The van der Waals surface area contributed by atoms with E-state index in [2.05, 4.69) is 5.32 Å². The monoisotopic (exact) mass is 278 g/mol. The van der Waals surface area contributed by atoms with E-state index >= 15 is 0 Å².